The molecule has 0 saturated carbocycles. The molecule has 8 nitrogen and oxygen atoms in total. The molecule has 28 heavy (non-hydrogen) atoms. The quantitative estimate of drug-likeness (QED) is 0.580. The van der Waals surface area contributed by atoms with Gasteiger partial charge in [0.25, 0.3) is 0 Å². The Morgan fingerprint density at radius 2 is 2.04 bits per heavy atom. The Morgan fingerprint density at radius 1 is 1.25 bits per heavy atom. The summed E-state index contributed by atoms with van der Waals surface area (Å²) < 4.78 is 7.15. The van der Waals surface area contributed by atoms with E-state index >= 15 is 0 Å². The second-order valence-corrected chi connectivity index (χ2v) is 7.24. The molecule has 1 fully saturated rings. The zero-order chi connectivity index (χ0) is 19.7. The molecule has 1 saturated heterocycles. The van der Waals surface area contributed by atoms with Crippen LogP contribution in [0.1, 0.15) is 25.3 Å². The molecule has 4 heterocycles. The van der Waals surface area contributed by atoms with Crippen molar-refractivity contribution < 1.29 is 14.8 Å². The van der Waals surface area contributed by atoms with E-state index in [4.69, 9.17) is 10.00 Å². The number of pyridine rings is 1. The van der Waals surface area contributed by atoms with Gasteiger partial charge in [-0.3, -0.25) is 4.98 Å². The highest BCUT2D eigenvalue weighted by Crippen LogP contribution is 2.27. The molecule has 3 N–H and O–H groups in total. The van der Waals surface area contributed by atoms with Gasteiger partial charge < -0.3 is 20.1 Å². The number of hydrogen-bond donors (Lipinski definition) is 3. The van der Waals surface area contributed by atoms with Gasteiger partial charge in [-0.15, -0.1) is 0 Å². The molecule has 3 aromatic heterocycles. The first-order valence-electron chi connectivity index (χ1n) is 9.09. The molecule has 0 amide bonds. The number of rotatable bonds is 4. The highest BCUT2D eigenvalue weighted by Gasteiger charge is 2.29. The van der Waals surface area contributed by atoms with Crippen LogP contribution in [0.15, 0.2) is 36.7 Å². The predicted octanol–water partition coefficient (Wildman–Crippen LogP) is 0.929. The van der Waals surface area contributed by atoms with E-state index in [-0.39, 0.29) is 5.54 Å². The average Bonchev–Trinajstić information content (AvgIpc) is 3.11. The summed E-state index contributed by atoms with van der Waals surface area (Å²) >= 11 is 0. The van der Waals surface area contributed by atoms with Crippen molar-refractivity contribution >= 4 is 23.8 Å². The highest BCUT2D eigenvalue weighted by atomic mass is 16.5. The van der Waals surface area contributed by atoms with Gasteiger partial charge in [-0.2, -0.15) is 10.4 Å². The number of nitriles is 1. The van der Waals surface area contributed by atoms with Crippen molar-refractivity contribution in [2.75, 3.05) is 18.5 Å². The zero-order valence-electron chi connectivity index (χ0n) is 15.5. The highest BCUT2D eigenvalue weighted by molar-refractivity contribution is 6.60. The van der Waals surface area contributed by atoms with E-state index in [1.54, 1.807) is 16.6 Å². The number of hydrogen-bond acceptors (Lipinski definition) is 7. The molecule has 0 spiro atoms. The maximum Gasteiger partial charge on any atom is 0.492 e. The third kappa shape index (κ3) is 3.45. The normalized spacial score (nSPS) is 15.9. The molecular formula is C19H20BN5O3. The smallest absolute Gasteiger partial charge is 0.423 e. The van der Waals surface area contributed by atoms with E-state index in [0.717, 1.165) is 24.1 Å². The Labute approximate surface area is 162 Å². The lowest BCUT2D eigenvalue weighted by Gasteiger charge is -2.36. The van der Waals surface area contributed by atoms with Crippen molar-refractivity contribution in [3.63, 3.8) is 0 Å². The van der Waals surface area contributed by atoms with Crippen LogP contribution in [0.5, 0.6) is 0 Å². The standard InChI is InChI=1S/C19H20BN5O3/c1-19(4-6-28-7-5-19)24-16-9-17(22-12-15(16)20(26)27)18-3-2-14-8-13(10-21)11-23-25(14)18/h2-3,8-9,11-12,26-27H,4-7H2,1H3,(H,22,24). The third-order valence-electron chi connectivity index (χ3n) is 5.14. The zero-order valence-corrected chi connectivity index (χ0v) is 15.5. The van der Waals surface area contributed by atoms with Crippen LogP contribution in [0.3, 0.4) is 0 Å². The van der Waals surface area contributed by atoms with Crippen LogP contribution < -0.4 is 10.8 Å². The number of aromatic nitrogens is 3. The van der Waals surface area contributed by atoms with Gasteiger partial charge >= 0.3 is 7.12 Å². The lowest BCUT2D eigenvalue weighted by atomic mass is 9.79. The SMILES string of the molecule is CC1(Nc2cc(-c3ccc4cc(C#N)cnn34)ncc2B(O)O)CCOCC1. The fourth-order valence-corrected chi connectivity index (χ4v) is 3.45. The first-order chi connectivity index (χ1) is 13.5. The van der Waals surface area contributed by atoms with Crippen molar-refractivity contribution in [2.45, 2.75) is 25.3 Å². The minimum atomic E-state index is -1.63. The number of ether oxygens (including phenoxy) is 1. The summed E-state index contributed by atoms with van der Waals surface area (Å²) in [5.74, 6) is 0. The summed E-state index contributed by atoms with van der Waals surface area (Å²) in [6.45, 7) is 3.42. The minimum absolute atomic E-state index is 0.207. The number of nitrogens with zero attached hydrogens (tertiary/aromatic N) is 4. The molecule has 1 aliphatic rings. The van der Waals surface area contributed by atoms with Crippen LogP contribution in [0, 0.1) is 11.3 Å². The largest absolute Gasteiger partial charge is 0.492 e. The van der Waals surface area contributed by atoms with Crippen LogP contribution in [0.2, 0.25) is 0 Å². The van der Waals surface area contributed by atoms with Crippen LogP contribution in [-0.4, -0.2) is 50.5 Å². The molecule has 0 bridgehead atoms. The summed E-state index contributed by atoms with van der Waals surface area (Å²) in [7, 11) is -1.63. The Bertz CT molecular complexity index is 1050. The van der Waals surface area contributed by atoms with Gasteiger partial charge in [0.15, 0.2) is 0 Å². The predicted molar refractivity (Wildman–Crippen MR) is 105 cm³/mol. The molecule has 0 aliphatic carbocycles. The molecule has 0 aromatic carbocycles. The Balaban J connectivity index is 1.76. The number of anilines is 1. The van der Waals surface area contributed by atoms with Crippen LogP contribution in [0.25, 0.3) is 16.9 Å². The summed E-state index contributed by atoms with van der Waals surface area (Å²) in [5.41, 5.74) is 3.39. The Morgan fingerprint density at radius 3 is 2.75 bits per heavy atom. The van der Waals surface area contributed by atoms with Crippen molar-refractivity contribution in [3.8, 4) is 17.5 Å². The fraction of sp³-hybridized carbons (Fsp3) is 0.316. The van der Waals surface area contributed by atoms with Gasteiger partial charge in [-0.25, -0.2) is 4.52 Å². The topological polar surface area (TPSA) is 116 Å². The van der Waals surface area contributed by atoms with E-state index in [1.165, 1.54) is 12.4 Å². The van der Waals surface area contributed by atoms with E-state index in [1.807, 2.05) is 12.1 Å². The Kier molecular flexibility index (Phi) is 4.77. The van der Waals surface area contributed by atoms with Gasteiger partial charge in [0.05, 0.1) is 28.7 Å². The fourth-order valence-electron chi connectivity index (χ4n) is 3.45. The van der Waals surface area contributed by atoms with Gasteiger partial charge in [-0.05, 0) is 44.0 Å². The van der Waals surface area contributed by atoms with Crippen molar-refractivity contribution in [3.05, 3.63) is 42.2 Å². The average molecular weight is 377 g/mol. The first-order valence-corrected chi connectivity index (χ1v) is 9.09. The number of fused-ring (bicyclic) bond motifs is 1. The van der Waals surface area contributed by atoms with E-state index in [0.29, 0.717) is 35.6 Å². The van der Waals surface area contributed by atoms with Crippen molar-refractivity contribution in [2.24, 2.45) is 0 Å². The first kappa shape index (κ1) is 18.4. The molecule has 0 atom stereocenters. The molecule has 142 valence electrons. The van der Waals surface area contributed by atoms with Gasteiger partial charge in [-0.1, -0.05) is 0 Å². The van der Waals surface area contributed by atoms with E-state index in [9.17, 15) is 10.0 Å². The summed E-state index contributed by atoms with van der Waals surface area (Å²) in [6, 6.07) is 9.38. The molecule has 9 heteroatoms. The molecule has 0 unspecified atom stereocenters. The summed E-state index contributed by atoms with van der Waals surface area (Å²) in [4.78, 5) is 4.40. The molecule has 0 radical (unpaired) electrons. The molecule has 4 rings (SSSR count). The lowest BCUT2D eigenvalue weighted by molar-refractivity contribution is 0.0658. The maximum atomic E-state index is 9.77. The molecule has 1 aliphatic heterocycles. The van der Waals surface area contributed by atoms with E-state index < -0.39 is 7.12 Å². The van der Waals surface area contributed by atoms with Crippen molar-refractivity contribution in [1.29, 1.82) is 5.26 Å². The van der Waals surface area contributed by atoms with Crippen LogP contribution in [0.4, 0.5) is 5.69 Å². The van der Waals surface area contributed by atoms with Crippen LogP contribution >= 0.6 is 0 Å². The Hall–Kier alpha value is -2.93. The van der Waals surface area contributed by atoms with Gasteiger partial charge in [0.2, 0.25) is 0 Å². The maximum absolute atomic E-state index is 9.77. The second-order valence-electron chi connectivity index (χ2n) is 7.24. The monoisotopic (exact) mass is 377 g/mol. The van der Waals surface area contributed by atoms with Crippen LogP contribution in [-0.2, 0) is 4.74 Å². The molecule has 3 aromatic rings. The van der Waals surface area contributed by atoms with Crippen molar-refractivity contribution in [1.82, 2.24) is 14.6 Å². The van der Waals surface area contributed by atoms with Gasteiger partial charge in [0, 0.05) is 36.1 Å². The summed E-state index contributed by atoms with van der Waals surface area (Å²) in [6.07, 6.45) is 4.61. The minimum Gasteiger partial charge on any atom is -0.423 e. The lowest BCUT2D eigenvalue weighted by Crippen LogP contribution is -2.44. The van der Waals surface area contributed by atoms with Gasteiger partial charge in [0.1, 0.15) is 6.07 Å². The second kappa shape index (κ2) is 7.24. The van der Waals surface area contributed by atoms with E-state index in [2.05, 4.69) is 28.4 Å². The summed E-state index contributed by atoms with van der Waals surface area (Å²) in [5, 5.41) is 36.4. The molecular weight excluding hydrogens is 357 g/mol. The third-order valence-corrected chi connectivity index (χ3v) is 5.14. The number of nitrogens with one attached hydrogen (secondary N) is 1.